The summed E-state index contributed by atoms with van der Waals surface area (Å²) in [6.07, 6.45) is 0.543. The average molecular weight is 415 g/mol. The van der Waals surface area contributed by atoms with Crippen molar-refractivity contribution in [2.75, 3.05) is 6.54 Å². The van der Waals surface area contributed by atoms with Gasteiger partial charge in [0, 0.05) is 6.42 Å². The van der Waals surface area contributed by atoms with E-state index in [0.29, 0.717) is 6.42 Å². The summed E-state index contributed by atoms with van der Waals surface area (Å²) in [5, 5.41) is 16.6. The molecule has 8 N–H and O–H groups in total. The minimum absolute atomic E-state index is 0.0476. The van der Waals surface area contributed by atoms with Crippen molar-refractivity contribution in [3.63, 3.8) is 0 Å². The van der Waals surface area contributed by atoms with Crippen molar-refractivity contribution in [1.82, 2.24) is 16.0 Å². The van der Waals surface area contributed by atoms with Crippen LogP contribution in [0.25, 0.3) is 0 Å². The van der Waals surface area contributed by atoms with Gasteiger partial charge >= 0.3 is 5.97 Å². The van der Waals surface area contributed by atoms with Crippen LogP contribution in [0.15, 0.2) is 0 Å². The molecule has 4 unspecified atom stereocenters. The predicted octanol–water partition coefficient (Wildman–Crippen LogP) is -1.55. The number of hydrogen-bond donors (Lipinski definition) is 6. The average Bonchev–Trinajstić information content (AvgIpc) is 2.64. The molecule has 166 valence electrons. The first kappa shape index (κ1) is 26.3. The molecule has 11 nitrogen and oxygen atoms in total. The lowest BCUT2D eigenvalue weighted by Crippen LogP contribution is -2.56. The van der Waals surface area contributed by atoms with E-state index in [4.69, 9.17) is 11.5 Å². The van der Waals surface area contributed by atoms with Gasteiger partial charge in [-0.15, -0.1) is 0 Å². The van der Waals surface area contributed by atoms with E-state index in [-0.39, 0.29) is 24.7 Å². The molecule has 4 atom stereocenters. The third-order valence-corrected chi connectivity index (χ3v) is 4.50. The normalized spacial score (nSPS) is 15.0. The van der Waals surface area contributed by atoms with Crippen LogP contribution in [0.1, 0.15) is 47.0 Å². The fourth-order valence-electron chi connectivity index (χ4n) is 2.41. The summed E-state index contributed by atoms with van der Waals surface area (Å²) in [4.78, 5) is 58.6. The SMILES string of the molecule is CCC(C)C(NC(=O)C(NC(=O)CNC(=O)C(N)CCC(N)=O)C(C)C)C(=O)O. The van der Waals surface area contributed by atoms with Crippen molar-refractivity contribution >= 4 is 29.6 Å². The maximum absolute atomic E-state index is 12.5. The van der Waals surface area contributed by atoms with E-state index in [1.54, 1.807) is 20.8 Å². The van der Waals surface area contributed by atoms with E-state index < -0.39 is 54.3 Å². The largest absolute Gasteiger partial charge is 0.480 e. The molecule has 0 aliphatic rings. The zero-order valence-corrected chi connectivity index (χ0v) is 17.4. The first-order valence-electron chi connectivity index (χ1n) is 9.54. The van der Waals surface area contributed by atoms with Gasteiger partial charge in [-0.05, 0) is 18.3 Å². The number of carbonyl (C=O) groups excluding carboxylic acids is 4. The molecule has 0 aromatic heterocycles. The Morgan fingerprint density at radius 2 is 1.55 bits per heavy atom. The zero-order valence-electron chi connectivity index (χ0n) is 17.4. The van der Waals surface area contributed by atoms with Gasteiger partial charge in [-0.1, -0.05) is 34.1 Å². The van der Waals surface area contributed by atoms with Crippen LogP contribution in [0.5, 0.6) is 0 Å². The lowest BCUT2D eigenvalue weighted by Gasteiger charge is -2.26. The fraction of sp³-hybridized carbons (Fsp3) is 0.722. The Hall–Kier alpha value is -2.69. The van der Waals surface area contributed by atoms with E-state index in [0.717, 1.165) is 0 Å². The first-order valence-corrected chi connectivity index (χ1v) is 9.54. The molecule has 0 heterocycles. The smallest absolute Gasteiger partial charge is 0.326 e. The number of rotatable bonds is 13. The van der Waals surface area contributed by atoms with Crippen molar-refractivity contribution in [2.24, 2.45) is 23.3 Å². The maximum Gasteiger partial charge on any atom is 0.326 e. The van der Waals surface area contributed by atoms with E-state index in [1.807, 2.05) is 6.92 Å². The highest BCUT2D eigenvalue weighted by atomic mass is 16.4. The molecule has 29 heavy (non-hydrogen) atoms. The van der Waals surface area contributed by atoms with Crippen molar-refractivity contribution in [1.29, 1.82) is 0 Å². The van der Waals surface area contributed by atoms with E-state index >= 15 is 0 Å². The van der Waals surface area contributed by atoms with E-state index in [1.165, 1.54) is 0 Å². The fourth-order valence-corrected chi connectivity index (χ4v) is 2.41. The van der Waals surface area contributed by atoms with Crippen LogP contribution in [0, 0.1) is 11.8 Å². The van der Waals surface area contributed by atoms with Crippen molar-refractivity contribution < 1.29 is 29.1 Å². The summed E-state index contributed by atoms with van der Waals surface area (Å²) in [5.41, 5.74) is 10.6. The Labute approximate surface area is 170 Å². The molecule has 0 spiro atoms. The van der Waals surface area contributed by atoms with Crippen molar-refractivity contribution in [3.05, 3.63) is 0 Å². The molecule has 4 amide bonds. The van der Waals surface area contributed by atoms with Crippen molar-refractivity contribution in [3.8, 4) is 0 Å². The molecule has 0 aliphatic carbocycles. The predicted molar refractivity (Wildman–Crippen MR) is 105 cm³/mol. The Balaban J connectivity index is 4.80. The summed E-state index contributed by atoms with van der Waals surface area (Å²) >= 11 is 0. The molecule has 0 saturated carbocycles. The molecule has 0 saturated heterocycles. The van der Waals surface area contributed by atoms with E-state index in [2.05, 4.69) is 16.0 Å². The lowest BCUT2D eigenvalue weighted by atomic mass is 9.97. The second-order valence-electron chi connectivity index (χ2n) is 7.33. The Morgan fingerprint density at radius 3 is 2.00 bits per heavy atom. The standard InChI is InChI=1S/C18H33N5O6/c1-5-10(4)15(18(28)29)23-17(27)14(9(2)3)22-13(25)8-21-16(26)11(19)6-7-12(20)24/h9-11,14-15H,5-8,19H2,1-4H3,(H2,20,24)(H,21,26)(H,22,25)(H,23,27)(H,28,29). The number of aliphatic carboxylic acids is 1. The molecule has 11 heteroatoms. The second-order valence-corrected chi connectivity index (χ2v) is 7.33. The number of nitrogens with two attached hydrogens (primary N) is 2. The van der Waals surface area contributed by atoms with Crippen LogP contribution in [0.2, 0.25) is 0 Å². The molecular weight excluding hydrogens is 382 g/mol. The minimum atomic E-state index is -1.15. The second kappa shape index (κ2) is 12.7. The van der Waals surface area contributed by atoms with Crippen LogP contribution >= 0.6 is 0 Å². The monoisotopic (exact) mass is 415 g/mol. The molecule has 0 aromatic rings. The Bertz CT molecular complexity index is 610. The third-order valence-electron chi connectivity index (χ3n) is 4.50. The zero-order chi connectivity index (χ0) is 22.7. The molecular formula is C18H33N5O6. The Kier molecular flexibility index (Phi) is 11.5. The highest BCUT2D eigenvalue weighted by Gasteiger charge is 2.31. The van der Waals surface area contributed by atoms with Gasteiger partial charge in [-0.25, -0.2) is 4.79 Å². The van der Waals surface area contributed by atoms with Crippen molar-refractivity contribution in [2.45, 2.75) is 65.1 Å². The number of carbonyl (C=O) groups is 5. The van der Waals surface area contributed by atoms with Crippen LogP contribution in [-0.2, 0) is 24.0 Å². The summed E-state index contributed by atoms with van der Waals surface area (Å²) in [6.45, 7) is 6.49. The molecule has 0 fully saturated rings. The number of amides is 4. The Morgan fingerprint density at radius 1 is 0.966 bits per heavy atom. The molecule has 0 radical (unpaired) electrons. The highest BCUT2D eigenvalue weighted by Crippen LogP contribution is 2.10. The molecule has 0 rings (SSSR count). The van der Waals surface area contributed by atoms with Gasteiger partial charge < -0.3 is 32.5 Å². The summed E-state index contributed by atoms with van der Waals surface area (Å²) in [6, 6.07) is -3.05. The number of hydrogen-bond acceptors (Lipinski definition) is 6. The minimum Gasteiger partial charge on any atom is -0.480 e. The number of primary amides is 1. The summed E-state index contributed by atoms with van der Waals surface area (Å²) < 4.78 is 0. The van der Waals surface area contributed by atoms with Gasteiger partial charge in [0.05, 0.1) is 12.6 Å². The number of nitrogens with one attached hydrogen (secondary N) is 3. The van der Waals surface area contributed by atoms with Gasteiger partial charge in [0.2, 0.25) is 23.6 Å². The lowest BCUT2D eigenvalue weighted by molar-refractivity contribution is -0.144. The van der Waals surface area contributed by atoms with E-state index in [9.17, 15) is 29.1 Å². The van der Waals surface area contributed by atoms with Crippen LogP contribution < -0.4 is 27.4 Å². The van der Waals surface area contributed by atoms with Gasteiger partial charge in [-0.3, -0.25) is 19.2 Å². The van der Waals surface area contributed by atoms with Gasteiger partial charge in [0.15, 0.2) is 0 Å². The summed E-state index contributed by atoms with van der Waals surface area (Å²) in [7, 11) is 0. The molecule has 0 bridgehead atoms. The highest BCUT2D eigenvalue weighted by molar-refractivity contribution is 5.92. The van der Waals surface area contributed by atoms with Crippen LogP contribution in [-0.4, -0.2) is 59.4 Å². The molecule has 0 aliphatic heterocycles. The maximum atomic E-state index is 12.5. The van der Waals surface area contributed by atoms with Gasteiger partial charge in [-0.2, -0.15) is 0 Å². The molecule has 0 aromatic carbocycles. The van der Waals surface area contributed by atoms with Crippen LogP contribution in [0.3, 0.4) is 0 Å². The van der Waals surface area contributed by atoms with Gasteiger partial charge in [0.25, 0.3) is 0 Å². The number of carboxylic acid groups (broad SMARTS) is 1. The van der Waals surface area contributed by atoms with Crippen LogP contribution in [0.4, 0.5) is 0 Å². The quantitative estimate of drug-likeness (QED) is 0.209. The number of carboxylic acids is 1. The topological polar surface area (TPSA) is 194 Å². The summed E-state index contributed by atoms with van der Waals surface area (Å²) in [5.74, 6) is -4.24. The first-order chi connectivity index (χ1) is 13.4. The van der Waals surface area contributed by atoms with Gasteiger partial charge in [0.1, 0.15) is 12.1 Å². The third kappa shape index (κ3) is 9.88.